The number of carbonyl (C=O) groups is 2. The number of amides is 1. The summed E-state index contributed by atoms with van der Waals surface area (Å²) < 4.78 is 0.696. The molecule has 0 unspecified atom stereocenters. The number of anilines is 1. The Morgan fingerprint density at radius 3 is 2.43 bits per heavy atom. The average molecular weight is 400 g/mol. The van der Waals surface area contributed by atoms with Crippen molar-refractivity contribution < 1.29 is 19.6 Å². The number of hydrogen-bond acceptors (Lipinski definition) is 4. The number of benzene rings is 2. The fourth-order valence-electron chi connectivity index (χ4n) is 1.80. The van der Waals surface area contributed by atoms with Gasteiger partial charge in [0.2, 0.25) is 0 Å². The molecular weight excluding hydrogens is 392 g/mol. The van der Waals surface area contributed by atoms with E-state index in [2.05, 4.69) is 21.2 Å². The molecule has 0 aliphatic heterocycles. The molecule has 0 fully saturated rings. The van der Waals surface area contributed by atoms with Gasteiger partial charge in [-0.05, 0) is 24.3 Å². The van der Waals surface area contributed by atoms with Crippen molar-refractivity contribution in [2.24, 2.45) is 0 Å². The molecule has 2 N–H and O–H groups in total. The van der Waals surface area contributed by atoms with Gasteiger partial charge in [0.15, 0.2) is 0 Å². The molecule has 0 heterocycles. The van der Waals surface area contributed by atoms with Crippen molar-refractivity contribution in [3.8, 4) is 0 Å². The van der Waals surface area contributed by atoms with Gasteiger partial charge in [-0.2, -0.15) is 0 Å². The number of aromatic carboxylic acids is 1. The van der Waals surface area contributed by atoms with Gasteiger partial charge >= 0.3 is 5.97 Å². The Morgan fingerprint density at radius 1 is 1.17 bits per heavy atom. The Labute approximate surface area is 143 Å². The number of halogens is 2. The first-order chi connectivity index (χ1) is 10.8. The van der Waals surface area contributed by atoms with E-state index in [1.54, 1.807) is 12.1 Å². The maximum absolute atomic E-state index is 12.3. The number of nitrogens with one attached hydrogen (secondary N) is 1. The summed E-state index contributed by atoms with van der Waals surface area (Å²) in [6.07, 6.45) is 0. The second kappa shape index (κ2) is 6.76. The van der Waals surface area contributed by atoms with Crippen LogP contribution in [0.5, 0.6) is 0 Å². The molecule has 0 saturated heterocycles. The first-order valence-corrected chi connectivity index (χ1v) is 7.25. The topological polar surface area (TPSA) is 110 Å². The van der Waals surface area contributed by atoms with Gasteiger partial charge in [-0.15, -0.1) is 0 Å². The first-order valence-electron chi connectivity index (χ1n) is 6.07. The van der Waals surface area contributed by atoms with E-state index < -0.39 is 16.8 Å². The lowest BCUT2D eigenvalue weighted by Gasteiger charge is -2.09. The van der Waals surface area contributed by atoms with Gasteiger partial charge in [-0.1, -0.05) is 27.5 Å². The average Bonchev–Trinajstić information content (AvgIpc) is 2.49. The highest BCUT2D eigenvalue weighted by atomic mass is 79.9. The molecule has 0 saturated carbocycles. The molecule has 0 aliphatic carbocycles. The van der Waals surface area contributed by atoms with Gasteiger partial charge in [-0.25, -0.2) is 4.79 Å². The summed E-state index contributed by atoms with van der Waals surface area (Å²) in [4.78, 5) is 33.6. The van der Waals surface area contributed by atoms with Crippen LogP contribution in [-0.4, -0.2) is 21.9 Å². The van der Waals surface area contributed by atoms with Gasteiger partial charge < -0.3 is 10.4 Å². The van der Waals surface area contributed by atoms with Gasteiger partial charge in [-0.3, -0.25) is 14.9 Å². The monoisotopic (exact) mass is 398 g/mol. The summed E-state index contributed by atoms with van der Waals surface area (Å²) in [6, 6.07) is 7.63. The molecule has 2 aromatic carbocycles. The second-order valence-electron chi connectivity index (χ2n) is 4.37. The van der Waals surface area contributed by atoms with Crippen molar-refractivity contribution in [3.63, 3.8) is 0 Å². The molecule has 2 aromatic rings. The molecule has 0 aliphatic rings. The number of carbonyl (C=O) groups excluding carboxylic acids is 1. The zero-order chi connectivity index (χ0) is 17.1. The van der Waals surface area contributed by atoms with E-state index in [0.29, 0.717) is 4.47 Å². The molecule has 118 valence electrons. The summed E-state index contributed by atoms with van der Waals surface area (Å²) in [5.74, 6) is -2.18. The summed E-state index contributed by atoms with van der Waals surface area (Å²) in [5, 5.41) is 22.6. The van der Waals surface area contributed by atoms with Crippen molar-refractivity contribution in [1.29, 1.82) is 0 Å². The molecule has 0 radical (unpaired) electrons. The molecule has 7 nitrogen and oxygen atoms in total. The predicted octanol–water partition coefficient (Wildman–Crippen LogP) is 3.96. The zero-order valence-corrected chi connectivity index (χ0v) is 13.6. The van der Waals surface area contributed by atoms with Crippen LogP contribution in [0.1, 0.15) is 20.7 Å². The van der Waals surface area contributed by atoms with Crippen LogP contribution in [0.25, 0.3) is 0 Å². The number of nitro groups is 1. The minimum atomic E-state index is -1.37. The molecule has 0 atom stereocenters. The lowest BCUT2D eigenvalue weighted by atomic mass is 10.1. The molecule has 23 heavy (non-hydrogen) atoms. The molecule has 1 amide bonds. The van der Waals surface area contributed by atoms with E-state index in [1.807, 2.05) is 0 Å². The number of non-ortho nitro benzene ring substituents is 1. The number of carboxylic acid groups (broad SMARTS) is 1. The van der Waals surface area contributed by atoms with Crippen molar-refractivity contribution >= 4 is 50.8 Å². The fourth-order valence-corrected chi connectivity index (χ4v) is 2.52. The van der Waals surface area contributed by atoms with Gasteiger partial charge in [0.25, 0.3) is 11.6 Å². The molecule has 0 spiro atoms. The Bertz CT molecular complexity index is 825. The van der Waals surface area contributed by atoms with E-state index in [9.17, 15) is 19.7 Å². The number of hydrogen-bond donors (Lipinski definition) is 2. The number of carboxylic acids is 1. The lowest BCUT2D eigenvalue weighted by molar-refractivity contribution is -0.384. The third-order valence-corrected chi connectivity index (χ3v) is 3.67. The van der Waals surface area contributed by atoms with Crippen LogP contribution >= 0.6 is 27.5 Å². The van der Waals surface area contributed by atoms with Crippen LogP contribution in [0, 0.1) is 10.1 Å². The first kappa shape index (κ1) is 16.9. The highest BCUT2D eigenvalue weighted by molar-refractivity contribution is 9.10. The van der Waals surface area contributed by atoms with Crippen LogP contribution in [0.4, 0.5) is 11.4 Å². The van der Waals surface area contributed by atoms with E-state index >= 15 is 0 Å². The molecule has 0 bridgehead atoms. The summed E-state index contributed by atoms with van der Waals surface area (Å²) in [7, 11) is 0. The predicted molar refractivity (Wildman–Crippen MR) is 87.2 cm³/mol. The quantitative estimate of drug-likeness (QED) is 0.597. The number of rotatable bonds is 4. The molecule has 9 heteroatoms. The van der Waals surface area contributed by atoms with Gasteiger partial charge in [0, 0.05) is 16.6 Å². The highest BCUT2D eigenvalue weighted by Crippen LogP contribution is 2.27. The Morgan fingerprint density at radius 2 is 1.87 bits per heavy atom. The third kappa shape index (κ3) is 3.85. The molecule has 0 aromatic heterocycles. The maximum Gasteiger partial charge on any atom is 0.336 e. The fraction of sp³-hybridized carbons (Fsp3) is 0. The summed E-state index contributed by atoms with van der Waals surface area (Å²) >= 11 is 9.19. The highest BCUT2D eigenvalue weighted by Gasteiger charge is 2.21. The van der Waals surface area contributed by atoms with Crippen molar-refractivity contribution in [2.45, 2.75) is 0 Å². The van der Waals surface area contributed by atoms with Gasteiger partial charge in [0.05, 0.1) is 26.8 Å². The van der Waals surface area contributed by atoms with Crippen LogP contribution in [-0.2, 0) is 0 Å². The largest absolute Gasteiger partial charge is 0.478 e. The Hall–Kier alpha value is -2.45. The standard InChI is InChI=1S/C14H8BrClN2O5/c15-7-1-4-12(11(16)5-7)17-13(19)10-6-8(18(22)23)2-3-9(10)14(20)21/h1-6H,(H,17,19)(H,20,21). The SMILES string of the molecule is O=C(O)c1ccc([N+](=O)[O-])cc1C(=O)Nc1ccc(Br)cc1Cl. The zero-order valence-electron chi connectivity index (χ0n) is 11.2. The summed E-state index contributed by atoms with van der Waals surface area (Å²) in [5.41, 5.74) is -0.809. The van der Waals surface area contributed by atoms with E-state index in [-0.39, 0.29) is 27.5 Å². The van der Waals surface area contributed by atoms with Crippen molar-refractivity contribution in [3.05, 3.63) is 67.1 Å². The smallest absolute Gasteiger partial charge is 0.336 e. The molecule has 2 rings (SSSR count). The van der Waals surface area contributed by atoms with Crippen LogP contribution < -0.4 is 5.32 Å². The van der Waals surface area contributed by atoms with Crippen LogP contribution in [0.3, 0.4) is 0 Å². The normalized spacial score (nSPS) is 10.2. The maximum atomic E-state index is 12.3. The molecular formula is C14H8BrClN2O5. The summed E-state index contributed by atoms with van der Waals surface area (Å²) in [6.45, 7) is 0. The van der Waals surface area contributed by atoms with Crippen LogP contribution in [0.2, 0.25) is 5.02 Å². The number of nitro benzene ring substituents is 1. The van der Waals surface area contributed by atoms with E-state index in [4.69, 9.17) is 16.7 Å². The lowest BCUT2D eigenvalue weighted by Crippen LogP contribution is -2.17. The Balaban J connectivity index is 2.42. The van der Waals surface area contributed by atoms with Gasteiger partial charge in [0.1, 0.15) is 0 Å². The minimum absolute atomic E-state index is 0.232. The third-order valence-electron chi connectivity index (χ3n) is 2.87. The minimum Gasteiger partial charge on any atom is -0.478 e. The van der Waals surface area contributed by atoms with Crippen molar-refractivity contribution in [1.82, 2.24) is 0 Å². The Kier molecular flexibility index (Phi) is 4.97. The van der Waals surface area contributed by atoms with E-state index in [0.717, 1.165) is 18.2 Å². The number of nitrogens with zero attached hydrogens (tertiary/aromatic N) is 1. The van der Waals surface area contributed by atoms with Crippen molar-refractivity contribution in [2.75, 3.05) is 5.32 Å². The van der Waals surface area contributed by atoms with E-state index in [1.165, 1.54) is 6.07 Å². The van der Waals surface area contributed by atoms with Crippen LogP contribution in [0.15, 0.2) is 40.9 Å². The second-order valence-corrected chi connectivity index (χ2v) is 5.69.